The van der Waals surface area contributed by atoms with Gasteiger partial charge in [-0.15, -0.1) is 0 Å². The lowest BCUT2D eigenvalue weighted by atomic mass is 10.2. The molecule has 0 aliphatic carbocycles. The average Bonchev–Trinajstić information content (AvgIpc) is 2.39. The zero-order chi connectivity index (χ0) is 13.0. The van der Waals surface area contributed by atoms with Crippen molar-refractivity contribution in [2.45, 2.75) is 13.5 Å². The average molecular weight is 239 g/mol. The van der Waals surface area contributed by atoms with E-state index in [9.17, 15) is 0 Å². The van der Waals surface area contributed by atoms with Gasteiger partial charge in [-0.3, -0.25) is 0 Å². The summed E-state index contributed by atoms with van der Waals surface area (Å²) in [7, 11) is 0. The van der Waals surface area contributed by atoms with Crippen LogP contribution in [0.15, 0.2) is 36.4 Å². The highest BCUT2D eigenvalue weighted by Gasteiger charge is 2.02. The Morgan fingerprint density at radius 2 is 2.00 bits per heavy atom. The van der Waals surface area contributed by atoms with E-state index >= 15 is 0 Å². The number of aromatic nitrogens is 1. The number of hydrogen-bond acceptors (Lipinski definition) is 4. The minimum absolute atomic E-state index is 0.423. The summed E-state index contributed by atoms with van der Waals surface area (Å²) in [5.74, 6) is 1.10. The fourth-order valence-corrected chi connectivity index (χ4v) is 1.57. The van der Waals surface area contributed by atoms with Crippen LogP contribution in [0.4, 0.5) is 0 Å². The van der Waals surface area contributed by atoms with E-state index in [4.69, 9.17) is 15.7 Å². The Labute approximate surface area is 106 Å². The Balaban J connectivity index is 2.22. The molecule has 0 saturated carbocycles. The van der Waals surface area contributed by atoms with Gasteiger partial charge in [0.2, 0.25) is 5.88 Å². The molecule has 90 valence electrons. The fraction of sp³-hybridized carbons (Fsp3) is 0.143. The first-order chi connectivity index (χ1) is 8.71. The first kappa shape index (κ1) is 12.1. The van der Waals surface area contributed by atoms with Crippen molar-refractivity contribution in [2.75, 3.05) is 0 Å². The van der Waals surface area contributed by atoms with E-state index in [0.717, 1.165) is 11.3 Å². The molecule has 0 unspecified atom stereocenters. The number of hydrogen-bond donors (Lipinski definition) is 1. The largest absolute Gasteiger partial charge is 0.439 e. The van der Waals surface area contributed by atoms with Gasteiger partial charge >= 0.3 is 0 Å². The van der Waals surface area contributed by atoms with Gasteiger partial charge in [0.15, 0.2) is 0 Å². The monoisotopic (exact) mass is 239 g/mol. The van der Waals surface area contributed by atoms with Gasteiger partial charge in [-0.2, -0.15) is 5.26 Å². The molecule has 1 aromatic carbocycles. The molecule has 0 aliphatic rings. The van der Waals surface area contributed by atoms with Crippen molar-refractivity contribution in [1.82, 2.24) is 4.98 Å². The van der Waals surface area contributed by atoms with Crippen LogP contribution in [0.25, 0.3) is 0 Å². The van der Waals surface area contributed by atoms with Gasteiger partial charge in [0, 0.05) is 18.3 Å². The van der Waals surface area contributed by atoms with E-state index in [1.54, 1.807) is 12.1 Å². The van der Waals surface area contributed by atoms with Gasteiger partial charge in [-0.25, -0.2) is 4.98 Å². The van der Waals surface area contributed by atoms with Crippen LogP contribution in [-0.4, -0.2) is 4.98 Å². The minimum atomic E-state index is 0.423. The van der Waals surface area contributed by atoms with E-state index in [2.05, 4.69) is 11.1 Å². The van der Waals surface area contributed by atoms with Gasteiger partial charge < -0.3 is 10.5 Å². The van der Waals surface area contributed by atoms with Gasteiger partial charge in [-0.1, -0.05) is 12.1 Å². The van der Waals surface area contributed by atoms with E-state index in [1.165, 1.54) is 0 Å². The molecule has 1 aromatic heterocycles. The van der Waals surface area contributed by atoms with Crippen LogP contribution >= 0.6 is 0 Å². The number of nitrogens with two attached hydrogens (primary N) is 1. The number of benzene rings is 1. The molecule has 0 spiro atoms. The van der Waals surface area contributed by atoms with Crippen molar-refractivity contribution in [3.8, 4) is 17.7 Å². The normalized spacial score (nSPS) is 9.83. The van der Waals surface area contributed by atoms with Crippen LogP contribution in [0.1, 0.15) is 16.8 Å². The zero-order valence-electron chi connectivity index (χ0n) is 10.1. The molecule has 18 heavy (non-hydrogen) atoms. The predicted octanol–water partition coefficient (Wildman–Crippen LogP) is 2.51. The van der Waals surface area contributed by atoms with Gasteiger partial charge in [0.1, 0.15) is 5.75 Å². The molecule has 4 heteroatoms. The van der Waals surface area contributed by atoms with E-state index in [-0.39, 0.29) is 0 Å². The lowest BCUT2D eigenvalue weighted by molar-refractivity contribution is 0.461. The van der Waals surface area contributed by atoms with Crippen LogP contribution in [0.3, 0.4) is 0 Å². The van der Waals surface area contributed by atoms with Crippen molar-refractivity contribution >= 4 is 0 Å². The summed E-state index contributed by atoms with van der Waals surface area (Å²) in [6.07, 6.45) is 0. The standard InChI is InChI=1S/C14H13N3O/c1-10-6-12(9-16)7-14(17-10)18-13-4-2-11(8-15)3-5-13/h2-7H,8,15H2,1H3. The SMILES string of the molecule is Cc1cc(C#N)cc(Oc2ccc(CN)cc2)n1. The molecule has 2 N–H and O–H groups in total. The summed E-state index contributed by atoms with van der Waals surface area (Å²) in [5, 5.41) is 8.87. The summed E-state index contributed by atoms with van der Waals surface area (Å²) in [6, 6.07) is 12.9. The topological polar surface area (TPSA) is 71.9 Å². The van der Waals surface area contributed by atoms with Gasteiger partial charge in [0.25, 0.3) is 0 Å². The Morgan fingerprint density at radius 3 is 2.61 bits per heavy atom. The third kappa shape index (κ3) is 2.84. The van der Waals surface area contributed by atoms with Crippen LogP contribution < -0.4 is 10.5 Å². The second kappa shape index (κ2) is 5.30. The molecular weight excluding hydrogens is 226 g/mol. The lowest BCUT2D eigenvalue weighted by Crippen LogP contribution is -1.96. The second-order valence-corrected chi connectivity index (χ2v) is 3.90. The van der Waals surface area contributed by atoms with Crippen molar-refractivity contribution in [1.29, 1.82) is 5.26 Å². The first-order valence-electron chi connectivity index (χ1n) is 5.57. The van der Waals surface area contributed by atoms with Crippen LogP contribution in [0, 0.1) is 18.3 Å². The molecule has 1 heterocycles. The molecule has 2 aromatic rings. The minimum Gasteiger partial charge on any atom is -0.439 e. The Hall–Kier alpha value is -2.38. The Morgan fingerprint density at radius 1 is 1.28 bits per heavy atom. The van der Waals surface area contributed by atoms with E-state index < -0.39 is 0 Å². The Bertz CT molecular complexity index is 585. The van der Waals surface area contributed by atoms with E-state index in [0.29, 0.717) is 23.7 Å². The maximum atomic E-state index is 8.87. The van der Waals surface area contributed by atoms with Crippen molar-refractivity contribution < 1.29 is 4.74 Å². The molecule has 0 aliphatic heterocycles. The molecular formula is C14H13N3O. The van der Waals surface area contributed by atoms with Crippen molar-refractivity contribution in [3.63, 3.8) is 0 Å². The summed E-state index contributed by atoms with van der Waals surface area (Å²) in [5.41, 5.74) is 7.85. The summed E-state index contributed by atoms with van der Waals surface area (Å²) in [6.45, 7) is 2.33. The summed E-state index contributed by atoms with van der Waals surface area (Å²) in [4.78, 5) is 4.22. The molecule has 4 nitrogen and oxygen atoms in total. The first-order valence-corrected chi connectivity index (χ1v) is 5.57. The third-order valence-corrected chi connectivity index (χ3v) is 2.44. The third-order valence-electron chi connectivity index (χ3n) is 2.44. The number of nitriles is 1. The highest BCUT2D eigenvalue weighted by Crippen LogP contribution is 2.21. The van der Waals surface area contributed by atoms with E-state index in [1.807, 2.05) is 31.2 Å². The number of pyridine rings is 1. The van der Waals surface area contributed by atoms with Gasteiger partial charge in [0.05, 0.1) is 11.6 Å². The lowest BCUT2D eigenvalue weighted by Gasteiger charge is -2.06. The summed E-state index contributed by atoms with van der Waals surface area (Å²) < 4.78 is 5.60. The van der Waals surface area contributed by atoms with Crippen molar-refractivity contribution in [2.24, 2.45) is 5.73 Å². The summed E-state index contributed by atoms with van der Waals surface area (Å²) >= 11 is 0. The smallest absolute Gasteiger partial charge is 0.220 e. The Kier molecular flexibility index (Phi) is 3.56. The van der Waals surface area contributed by atoms with Crippen LogP contribution in [0.5, 0.6) is 11.6 Å². The number of rotatable bonds is 3. The molecule has 0 fully saturated rings. The molecule has 0 bridgehead atoms. The van der Waals surface area contributed by atoms with Crippen LogP contribution in [-0.2, 0) is 6.54 Å². The highest BCUT2D eigenvalue weighted by molar-refractivity contribution is 5.37. The number of nitrogens with zero attached hydrogens (tertiary/aromatic N) is 2. The molecule has 0 atom stereocenters. The zero-order valence-corrected chi connectivity index (χ0v) is 10.1. The highest BCUT2D eigenvalue weighted by atomic mass is 16.5. The fourth-order valence-electron chi connectivity index (χ4n) is 1.57. The molecule has 2 rings (SSSR count). The molecule has 0 radical (unpaired) electrons. The number of ether oxygens (including phenoxy) is 1. The maximum absolute atomic E-state index is 8.87. The molecule has 0 saturated heterocycles. The van der Waals surface area contributed by atoms with Crippen molar-refractivity contribution in [3.05, 3.63) is 53.2 Å². The maximum Gasteiger partial charge on any atom is 0.220 e. The predicted molar refractivity (Wildman–Crippen MR) is 68.1 cm³/mol. The van der Waals surface area contributed by atoms with Gasteiger partial charge in [-0.05, 0) is 30.7 Å². The molecule has 0 amide bonds. The number of aryl methyl sites for hydroxylation is 1. The van der Waals surface area contributed by atoms with Crippen LogP contribution in [0.2, 0.25) is 0 Å². The quantitative estimate of drug-likeness (QED) is 0.893. The second-order valence-electron chi connectivity index (χ2n) is 3.90.